The number of rotatable bonds is 6. The highest BCUT2D eigenvalue weighted by atomic mass is 32.1. The van der Waals surface area contributed by atoms with E-state index in [1.54, 1.807) is 13.0 Å². The Labute approximate surface area is 187 Å². The molecule has 2 N–H and O–H groups in total. The Morgan fingerprint density at radius 3 is 2.72 bits per heavy atom. The Morgan fingerprint density at radius 2 is 2.06 bits per heavy atom. The number of nitrogens with one attached hydrogen (secondary N) is 2. The van der Waals surface area contributed by atoms with Crippen molar-refractivity contribution in [2.45, 2.75) is 46.2 Å². The van der Waals surface area contributed by atoms with Crippen LogP contribution in [0.1, 0.15) is 32.4 Å². The lowest BCUT2D eigenvalue weighted by Gasteiger charge is -2.31. The first-order valence-corrected chi connectivity index (χ1v) is 11.3. The third kappa shape index (κ3) is 4.79. The van der Waals surface area contributed by atoms with Crippen molar-refractivity contribution in [1.82, 2.24) is 25.0 Å². The fraction of sp³-hybridized carbons (Fsp3) is 0.500. The number of carbonyl (C=O) groups is 2. The summed E-state index contributed by atoms with van der Waals surface area (Å²) in [7, 11) is 0. The Bertz CT molecular complexity index is 1190. The Morgan fingerprint density at radius 1 is 1.31 bits per heavy atom. The fourth-order valence-electron chi connectivity index (χ4n) is 3.58. The summed E-state index contributed by atoms with van der Waals surface area (Å²) >= 11 is 1.26. The number of fused-ring (bicyclic) bond motifs is 1. The highest BCUT2D eigenvalue weighted by molar-refractivity contribution is 7.22. The minimum atomic E-state index is -0.409. The largest absolute Gasteiger partial charge is 0.360 e. The van der Waals surface area contributed by atoms with Crippen LogP contribution in [0.2, 0.25) is 0 Å². The van der Waals surface area contributed by atoms with Crippen LogP contribution in [0.4, 0.5) is 10.9 Å². The predicted molar refractivity (Wildman–Crippen MR) is 120 cm³/mol. The molecule has 3 aromatic heterocycles. The predicted octanol–water partition coefficient (Wildman–Crippen LogP) is 1.53. The van der Waals surface area contributed by atoms with E-state index in [2.05, 4.69) is 30.7 Å². The van der Waals surface area contributed by atoms with Crippen LogP contribution in [0.5, 0.6) is 0 Å². The van der Waals surface area contributed by atoms with E-state index in [9.17, 15) is 14.4 Å². The van der Waals surface area contributed by atoms with Crippen LogP contribution >= 0.6 is 11.3 Å². The van der Waals surface area contributed by atoms with Crippen LogP contribution in [0.25, 0.3) is 10.3 Å². The van der Waals surface area contributed by atoms with Gasteiger partial charge in [-0.3, -0.25) is 19.0 Å². The molecule has 2 amide bonds. The standard InChI is InChI=1S/C20H25N7O4S/c1-11(2)22-18(29)13-4-6-26(7-5-13)20-24-17-16(32-20)19(30)27(10-21-17)9-15(28)23-14-8-12(3)31-25-14/h8,10-11,13H,4-7,9H2,1-3H3,(H,22,29)(H,23,25,28). The van der Waals surface area contributed by atoms with Crippen molar-refractivity contribution in [3.63, 3.8) is 0 Å². The van der Waals surface area contributed by atoms with Crippen LogP contribution < -0.4 is 21.1 Å². The van der Waals surface area contributed by atoms with Gasteiger partial charge in [0.1, 0.15) is 23.3 Å². The topological polar surface area (TPSA) is 135 Å². The van der Waals surface area contributed by atoms with Crippen LogP contribution in [-0.4, -0.2) is 50.6 Å². The van der Waals surface area contributed by atoms with Crippen LogP contribution in [0.15, 0.2) is 21.7 Å². The van der Waals surface area contributed by atoms with Crippen LogP contribution in [0, 0.1) is 12.8 Å². The monoisotopic (exact) mass is 459 g/mol. The van der Waals surface area contributed by atoms with Gasteiger partial charge in [0.05, 0.1) is 0 Å². The van der Waals surface area contributed by atoms with Crippen molar-refractivity contribution in [1.29, 1.82) is 0 Å². The van der Waals surface area contributed by atoms with Crippen molar-refractivity contribution in [3.8, 4) is 0 Å². The highest BCUT2D eigenvalue weighted by Gasteiger charge is 2.27. The minimum Gasteiger partial charge on any atom is -0.360 e. The number of aromatic nitrogens is 4. The van der Waals surface area contributed by atoms with Gasteiger partial charge in [-0.05, 0) is 33.6 Å². The summed E-state index contributed by atoms with van der Waals surface area (Å²) in [5.74, 6) is 0.536. The molecule has 1 aliphatic heterocycles. The molecule has 170 valence electrons. The Kier molecular flexibility index (Phi) is 6.21. The summed E-state index contributed by atoms with van der Waals surface area (Å²) < 4.78 is 6.56. The molecule has 0 aromatic carbocycles. The summed E-state index contributed by atoms with van der Waals surface area (Å²) in [6.45, 7) is 6.79. The van der Waals surface area contributed by atoms with Crippen molar-refractivity contribution in [3.05, 3.63) is 28.5 Å². The summed E-state index contributed by atoms with van der Waals surface area (Å²) in [6, 6.07) is 1.72. The Balaban J connectivity index is 1.43. The summed E-state index contributed by atoms with van der Waals surface area (Å²) in [4.78, 5) is 48.2. The van der Waals surface area contributed by atoms with E-state index >= 15 is 0 Å². The molecule has 3 aromatic rings. The molecule has 32 heavy (non-hydrogen) atoms. The van der Waals surface area contributed by atoms with Crippen molar-refractivity contribution >= 4 is 44.4 Å². The maximum atomic E-state index is 12.9. The third-order valence-corrected chi connectivity index (χ3v) is 6.24. The van der Waals surface area contributed by atoms with E-state index in [-0.39, 0.29) is 30.0 Å². The zero-order chi connectivity index (χ0) is 22.8. The van der Waals surface area contributed by atoms with Gasteiger partial charge in [0, 0.05) is 31.1 Å². The van der Waals surface area contributed by atoms with Crippen molar-refractivity contribution in [2.75, 3.05) is 23.3 Å². The second-order valence-corrected chi connectivity index (χ2v) is 9.10. The van der Waals surface area contributed by atoms with Gasteiger partial charge < -0.3 is 20.1 Å². The molecule has 1 saturated heterocycles. The second-order valence-electron chi connectivity index (χ2n) is 8.12. The molecular weight excluding hydrogens is 434 g/mol. The zero-order valence-corrected chi connectivity index (χ0v) is 18.9. The van der Waals surface area contributed by atoms with E-state index < -0.39 is 5.91 Å². The number of aryl methyl sites for hydroxylation is 1. The normalized spacial score (nSPS) is 14.8. The summed E-state index contributed by atoms with van der Waals surface area (Å²) in [5.41, 5.74) is 0.0369. The zero-order valence-electron chi connectivity index (χ0n) is 18.1. The SMILES string of the molecule is Cc1cc(NC(=O)Cn2cnc3nc(N4CCC(C(=O)NC(C)C)CC4)sc3c2=O)no1. The lowest BCUT2D eigenvalue weighted by molar-refractivity contribution is -0.126. The molecule has 0 saturated carbocycles. The lowest BCUT2D eigenvalue weighted by atomic mass is 9.96. The first kappa shape index (κ1) is 21.9. The second kappa shape index (κ2) is 9.07. The van der Waals surface area contributed by atoms with Gasteiger partial charge in [0.2, 0.25) is 11.8 Å². The molecule has 0 aliphatic carbocycles. The molecule has 1 fully saturated rings. The van der Waals surface area contributed by atoms with Gasteiger partial charge in [-0.2, -0.15) is 4.98 Å². The summed E-state index contributed by atoms with van der Waals surface area (Å²) in [6.07, 6.45) is 2.78. The molecule has 11 nitrogen and oxygen atoms in total. The molecule has 4 heterocycles. The molecule has 12 heteroatoms. The number of hydrogen-bond donors (Lipinski definition) is 2. The first-order valence-electron chi connectivity index (χ1n) is 10.4. The van der Waals surface area contributed by atoms with Gasteiger partial charge in [-0.1, -0.05) is 16.5 Å². The van der Waals surface area contributed by atoms with E-state index in [0.717, 1.165) is 12.8 Å². The van der Waals surface area contributed by atoms with Crippen molar-refractivity contribution < 1.29 is 14.1 Å². The van der Waals surface area contributed by atoms with Crippen LogP contribution in [-0.2, 0) is 16.1 Å². The quantitative estimate of drug-likeness (QED) is 0.567. The maximum absolute atomic E-state index is 12.9. The average Bonchev–Trinajstić information content (AvgIpc) is 3.36. The highest BCUT2D eigenvalue weighted by Crippen LogP contribution is 2.29. The molecule has 0 spiro atoms. The van der Waals surface area contributed by atoms with E-state index in [4.69, 9.17) is 4.52 Å². The number of anilines is 2. The van der Waals surface area contributed by atoms with E-state index in [1.165, 1.54) is 22.2 Å². The van der Waals surface area contributed by atoms with Gasteiger partial charge in [-0.15, -0.1) is 0 Å². The van der Waals surface area contributed by atoms with E-state index in [0.29, 0.717) is 40.1 Å². The van der Waals surface area contributed by atoms with Gasteiger partial charge in [0.15, 0.2) is 16.6 Å². The molecule has 0 radical (unpaired) electrons. The fourth-order valence-corrected chi connectivity index (χ4v) is 4.60. The Hall–Kier alpha value is -3.28. The van der Waals surface area contributed by atoms with Crippen molar-refractivity contribution in [2.24, 2.45) is 5.92 Å². The molecular formula is C20H25N7O4S. The third-order valence-electron chi connectivity index (χ3n) is 5.15. The molecule has 0 unspecified atom stereocenters. The summed E-state index contributed by atoms with van der Waals surface area (Å²) in [5, 5.41) is 9.96. The van der Waals surface area contributed by atoms with E-state index in [1.807, 2.05) is 13.8 Å². The number of nitrogens with zero attached hydrogens (tertiary/aromatic N) is 5. The average molecular weight is 460 g/mol. The van der Waals surface area contributed by atoms with Crippen LogP contribution in [0.3, 0.4) is 0 Å². The number of carbonyl (C=O) groups excluding carboxylic acids is 2. The molecule has 0 atom stereocenters. The minimum absolute atomic E-state index is 0.00889. The van der Waals surface area contributed by atoms with Gasteiger partial charge in [0.25, 0.3) is 5.56 Å². The first-order chi connectivity index (χ1) is 15.3. The number of piperidine rings is 1. The number of thiazole rings is 1. The van der Waals surface area contributed by atoms with Gasteiger partial charge in [-0.25, -0.2) is 4.98 Å². The maximum Gasteiger partial charge on any atom is 0.273 e. The molecule has 0 bridgehead atoms. The number of hydrogen-bond acceptors (Lipinski definition) is 9. The smallest absolute Gasteiger partial charge is 0.273 e. The number of amides is 2. The molecule has 4 rings (SSSR count). The van der Waals surface area contributed by atoms with Gasteiger partial charge >= 0.3 is 0 Å². The molecule has 1 aliphatic rings. The lowest BCUT2D eigenvalue weighted by Crippen LogP contribution is -2.42.